The van der Waals surface area contributed by atoms with Crippen molar-refractivity contribution in [3.8, 4) is 0 Å². The molecule has 0 radical (unpaired) electrons. The quantitative estimate of drug-likeness (QED) is 0.669. The molecule has 1 aliphatic rings. The molecule has 0 spiro atoms. The fraction of sp³-hybridized carbons (Fsp3) is 0.211. The van der Waals surface area contributed by atoms with E-state index in [9.17, 15) is 9.18 Å². The van der Waals surface area contributed by atoms with E-state index in [4.69, 9.17) is 5.73 Å². The molecule has 1 fully saturated rings. The molecule has 1 aromatic heterocycles. The summed E-state index contributed by atoms with van der Waals surface area (Å²) in [6.45, 7) is 1.47. The molecule has 4 N–H and O–H groups in total. The number of rotatable bonds is 4. The topological polar surface area (TPSA) is 92.9 Å². The van der Waals surface area contributed by atoms with E-state index in [0.29, 0.717) is 16.9 Å². The Morgan fingerprint density at radius 1 is 1.19 bits per heavy atom. The molecule has 1 saturated heterocycles. The Labute approximate surface area is 149 Å². The summed E-state index contributed by atoms with van der Waals surface area (Å²) < 4.78 is 13.6. The zero-order valence-corrected chi connectivity index (χ0v) is 13.9. The number of nitrogens with one attached hydrogen (secondary N) is 2. The highest BCUT2D eigenvalue weighted by atomic mass is 19.1. The standard InChI is InChI=1S/C19H18FN5O/c20-12-4-1-3-11(7-12)15-8-22-9-16(15)25-19-14-6-2-5-13(18(21)26)17(14)23-10-24-19/h1-7,10,15-16,22H,8-9H2,(H2,21,26)(H,23,24,25). The number of hydrogen-bond acceptors (Lipinski definition) is 5. The highest BCUT2D eigenvalue weighted by Crippen LogP contribution is 2.28. The van der Waals surface area contributed by atoms with Gasteiger partial charge in [-0.05, 0) is 29.8 Å². The summed E-state index contributed by atoms with van der Waals surface area (Å²) >= 11 is 0. The number of nitrogens with zero attached hydrogens (tertiary/aromatic N) is 2. The van der Waals surface area contributed by atoms with Gasteiger partial charge in [0.1, 0.15) is 18.0 Å². The summed E-state index contributed by atoms with van der Waals surface area (Å²) in [6, 6.07) is 11.9. The molecule has 26 heavy (non-hydrogen) atoms. The molecule has 2 unspecified atom stereocenters. The number of para-hydroxylation sites is 1. The number of amides is 1. The van der Waals surface area contributed by atoms with Gasteiger partial charge in [-0.15, -0.1) is 0 Å². The van der Waals surface area contributed by atoms with Crippen LogP contribution in [-0.2, 0) is 0 Å². The van der Waals surface area contributed by atoms with Gasteiger partial charge in [-0.2, -0.15) is 0 Å². The maximum Gasteiger partial charge on any atom is 0.250 e. The van der Waals surface area contributed by atoms with Gasteiger partial charge < -0.3 is 16.4 Å². The summed E-state index contributed by atoms with van der Waals surface area (Å²) in [5, 5.41) is 7.50. The van der Waals surface area contributed by atoms with Gasteiger partial charge in [0.2, 0.25) is 0 Å². The van der Waals surface area contributed by atoms with Crippen LogP contribution in [0.25, 0.3) is 10.9 Å². The van der Waals surface area contributed by atoms with E-state index in [1.54, 1.807) is 24.3 Å². The first-order valence-electron chi connectivity index (χ1n) is 8.40. The molecule has 132 valence electrons. The third-order valence-electron chi connectivity index (χ3n) is 4.74. The summed E-state index contributed by atoms with van der Waals surface area (Å²) in [7, 11) is 0. The second kappa shape index (κ2) is 6.68. The average Bonchev–Trinajstić information content (AvgIpc) is 3.09. The minimum atomic E-state index is -0.527. The third-order valence-corrected chi connectivity index (χ3v) is 4.74. The molecule has 4 rings (SSSR count). The van der Waals surface area contributed by atoms with Crippen LogP contribution in [0, 0.1) is 5.82 Å². The minimum absolute atomic E-state index is 0.0344. The first kappa shape index (κ1) is 16.4. The summed E-state index contributed by atoms with van der Waals surface area (Å²) in [4.78, 5) is 20.2. The van der Waals surface area contributed by atoms with E-state index in [0.717, 1.165) is 24.0 Å². The van der Waals surface area contributed by atoms with Gasteiger partial charge in [-0.25, -0.2) is 14.4 Å². The third kappa shape index (κ3) is 2.97. The SMILES string of the molecule is NC(=O)c1cccc2c(NC3CNCC3c3cccc(F)c3)ncnc12. The Morgan fingerprint density at radius 2 is 2.04 bits per heavy atom. The molecule has 2 aromatic carbocycles. The number of fused-ring (bicyclic) bond motifs is 1. The smallest absolute Gasteiger partial charge is 0.250 e. The Kier molecular flexibility index (Phi) is 4.22. The van der Waals surface area contributed by atoms with Crippen molar-refractivity contribution in [2.75, 3.05) is 18.4 Å². The molecule has 6 nitrogen and oxygen atoms in total. The molecule has 2 heterocycles. The lowest BCUT2D eigenvalue weighted by atomic mass is 9.94. The molecular formula is C19H18FN5O. The van der Waals surface area contributed by atoms with Crippen molar-refractivity contribution in [1.82, 2.24) is 15.3 Å². The van der Waals surface area contributed by atoms with Crippen LogP contribution in [0.1, 0.15) is 21.8 Å². The number of aromatic nitrogens is 2. The van der Waals surface area contributed by atoms with Gasteiger partial charge in [0.05, 0.1) is 11.1 Å². The molecule has 0 aliphatic carbocycles. The van der Waals surface area contributed by atoms with Gasteiger partial charge in [0, 0.05) is 30.4 Å². The van der Waals surface area contributed by atoms with Crippen molar-refractivity contribution in [2.45, 2.75) is 12.0 Å². The van der Waals surface area contributed by atoms with Crippen LogP contribution >= 0.6 is 0 Å². The van der Waals surface area contributed by atoms with Gasteiger partial charge in [0.25, 0.3) is 5.91 Å². The van der Waals surface area contributed by atoms with Crippen molar-refractivity contribution < 1.29 is 9.18 Å². The monoisotopic (exact) mass is 351 g/mol. The van der Waals surface area contributed by atoms with E-state index in [2.05, 4.69) is 20.6 Å². The van der Waals surface area contributed by atoms with Crippen LogP contribution < -0.4 is 16.4 Å². The van der Waals surface area contributed by atoms with Crippen molar-refractivity contribution >= 4 is 22.6 Å². The zero-order chi connectivity index (χ0) is 18.1. The number of hydrogen-bond donors (Lipinski definition) is 3. The van der Waals surface area contributed by atoms with Gasteiger partial charge in [-0.1, -0.05) is 18.2 Å². The predicted octanol–water partition coefficient (Wildman–Crippen LogP) is 2.04. The van der Waals surface area contributed by atoms with E-state index < -0.39 is 5.91 Å². The van der Waals surface area contributed by atoms with E-state index >= 15 is 0 Å². The number of anilines is 1. The van der Waals surface area contributed by atoms with E-state index in [1.807, 2.05) is 12.1 Å². The number of primary amides is 1. The minimum Gasteiger partial charge on any atom is -0.366 e. The largest absolute Gasteiger partial charge is 0.366 e. The normalized spacial score (nSPS) is 19.6. The van der Waals surface area contributed by atoms with Crippen molar-refractivity contribution in [3.63, 3.8) is 0 Å². The van der Waals surface area contributed by atoms with Crippen molar-refractivity contribution in [3.05, 3.63) is 65.7 Å². The van der Waals surface area contributed by atoms with Gasteiger partial charge >= 0.3 is 0 Å². The fourth-order valence-corrected chi connectivity index (χ4v) is 3.49. The highest BCUT2D eigenvalue weighted by Gasteiger charge is 2.29. The van der Waals surface area contributed by atoms with Crippen LogP contribution in [-0.4, -0.2) is 35.0 Å². The lowest BCUT2D eigenvalue weighted by Crippen LogP contribution is -2.28. The number of carbonyl (C=O) groups is 1. The van der Waals surface area contributed by atoms with E-state index in [-0.39, 0.29) is 17.8 Å². The number of nitrogens with two attached hydrogens (primary N) is 1. The van der Waals surface area contributed by atoms with Gasteiger partial charge in [-0.3, -0.25) is 4.79 Å². The maximum absolute atomic E-state index is 13.6. The van der Waals surface area contributed by atoms with Crippen LogP contribution in [0.3, 0.4) is 0 Å². The lowest BCUT2D eigenvalue weighted by molar-refractivity contribution is 0.100. The van der Waals surface area contributed by atoms with Crippen LogP contribution in [0.5, 0.6) is 0 Å². The Morgan fingerprint density at radius 3 is 2.85 bits per heavy atom. The predicted molar refractivity (Wildman–Crippen MR) is 97.5 cm³/mol. The number of halogens is 1. The van der Waals surface area contributed by atoms with Crippen LogP contribution in [0.4, 0.5) is 10.2 Å². The van der Waals surface area contributed by atoms with Crippen molar-refractivity contribution in [2.24, 2.45) is 5.73 Å². The van der Waals surface area contributed by atoms with Gasteiger partial charge in [0.15, 0.2) is 0 Å². The number of carbonyl (C=O) groups excluding carboxylic acids is 1. The average molecular weight is 351 g/mol. The second-order valence-electron chi connectivity index (χ2n) is 6.36. The number of benzene rings is 2. The van der Waals surface area contributed by atoms with Crippen molar-refractivity contribution in [1.29, 1.82) is 0 Å². The molecule has 0 saturated carbocycles. The highest BCUT2D eigenvalue weighted by molar-refractivity contribution is 6.06. The Balaban J connectivity index is 1.68. The first-order valence-corrected chi connectivity index (χ1v) is 8.40. The van der Waals surface area contributed by atoms with Crippen LogP contribution in [0.2, 0.25) is 0 Å². The second-order valence-corrected chi connectivity index (χ2v) is 6.36. The first-order chi connectivity index (χ1) is 12.6. The lowest BCUT2D eigenvalue weighted by Gasteiger charge is -2.21. The molecule has 3 aromatic rings. The molecular weight excluding hydrogens is 333 g/mol. The molecule has 0 bridgehead atoms. The zero-order valence-electron chi connectivity index (χ0n) is 13.9. The summed E-state index contributed by atoms with van der Waals surface area (Å²) in [6.07, 6.45) is 1.41. The fourth-order valence-electron chi connectivity index (χ4n) is 3.49. The molecule has 7 heteroatoms. The van der Waals surface area contributed by atoms with Crippen LogP contribution in [0.15, 0.2) is 48.8 Å². The molecule has 1 aliphatic heterocycles. The molecule has 1 amide bonds. The molecule has 2 atom stereocenters. The Hall–Kier alpha value is -3.06. The van der Waals surface area contributed by atoms with E-state index in [1.165, 1.54) is 12.4 Å². The summed E-state index contributed by atoms with van der Waals surface area (Å²) in [5.74, 6) is -0.0320. The maximum atomic E-state index is 13.6. The summed E-state index contributed by atoms with van der Waals surface area (Å²) in [5.41, 5.74) is 7.25. The Bertz CT molecular complexity index is 977.